The maximum Gasteiger partial charge on any atom is 0.139 e. The molecular weight excluding hydrogens is 362 g/mol. The number of benzene rings is 2. The zero-order valence-corrected chi connectivity index (χ0v) is 16.6. The molecule has 2 N–H and O–H groups in total. The predicted octanol–water partition coefficient (Wildman–Crippen LogP) is 4.14. The molecule has 1 aliphatic heterocycles. The van der Waals surface area contributed by atoms with Crippen LogP contribution in [0.3, 0.4) is 0 Å². The molecule has 29 heavy (non-hydrogen) atoms. The molecule has 0 amide bonds. The largest absolute Gasteiger partial charge is 0.494 e. The quantitative estimate of drug-likeness (QED) is 0.539. The van der Waals surface area contributed by atoms with E-state index in [9.17, 15) is 0 Å². The Morgan fingerprint density at radius 2 is 2.03 bits per heavy atom. The Balaban J connectivity index is 1.54. The van der Waals surface area contributed by atoms with E-state index in [2.05, 4.69) is 39.9 Å². The van der Waals surface area contributed by atoms with Gasteiger partial charge in [0, 0.05) is 17.5 Å². The van der Waals surface area contributed by atoms with Crippen LogP contribution >= 0.6 is 0 Å². The topological polar surface area (TPSA) is 64.0 Å². The van der Waals surface area contributed by atoms with E-state index in [1.807, 2.05) is 42.1 Å². The first-order valence-corrected chi connectivity index (χ1v) is 10.3. The minimum absolute atomic E-state index is 0.485. The normalized spacial score (nSPS) is 15.1. The number of fused-ring (bicyclic) bond motifs is 2. The highest BCUT2D eigenvalue weighted by Gasteiger charge is 2.15. The maximum atomic E-state index is 5.60. The Morgan fingerprint density at radius 1 is 1.14 bits per heavy atom. The maximum absolute atomic E-state index is 5.60. The third-order valence-corrected chi connectivity index (χ3v) is 5.48. The summed E-state index contributed by atoms with van der Waals surface area (Å²) in [6.45, 7) is 4.75. The monoisotopic (exact) mass is 387 g/mol. The van der Waals surface area contributed by atoms with Crippen LogP contribution in [0, 0.1) is 0 Å². The van der Waals surface area contributed by atoms with E-state index in [-0.39, 0.29) is 0 Å². The number of pyridine rings is 1. The Morgan fingerprint density at radius 3 is 2.90 bits per heavy atom. The summed E-state index contributed by atoms with van der Waals surface area (Å²) in [7, 11) is 0. The Labute approximate surface area is 169 Å². The van der Waals surface area contributed by atoms with Crippen LogP contribution < -0.4 is 15.4 Å². The summed E-state index contributed by atoms with van der Waals surface area (Å²) in [5.74, 6) is 1.70. The number of nitrogens with one attached hydrogen (secondary N) is 2. The van der Waals surface area contributed by atoms with Gasteiger partial charge in [0.25, 0.3) is 0 Å². The highest BCUT2D eigenvalue weighted by molar-refractivity contribution is 5.91. The van der Waals surface area contributed by atoms with Gasteiger partial charge < -0.3 is 15.4 Å². The number of aromatic nitrogens is 3. The molecule has 0 aliphatic carbocycles. The Kier molecular flexibility index (Phi) is 4.77. The fourth-order valence-electron chi connectivity index (χ4n) is 4.01. The van der Waals surface area contributed by atoms with Crippen LogP contribution in [0.1, 0.15) is 19.8 Å². The SMILES string of the molecule is CCOc1ccc2c(c1)ncn2-c1ccc2cccc(NC3CCNCC3)c2n1. The Hall–Kier alpha value is -3.12. The highest BCUT2D eigenvalue weighted by atomic mass is 16.5. The standard InChI is InChI=1S/C23H25N5O/c1-2-29-18-7-8-21-20(14-18)25-15-28(21)22-9-6-16-4-3-5-19(23(16)27-22)26-17-10-12-24-13-11-17/h3-9,14-15,17,24,26H,2,10-13H2,1H3. The second-order valence-electron chi connectivity index (χ2n) is 7.41. The van der Waals surface area contributed by atoms with Crippen LogP contribution in [-0.2, 0) is 0 Å². The van der Waals surface area contributed by atoms with Crippen molar-refractivity contribution in [3.05, 3.63) is 54.9 Å². The molecule has 4 aromatic rings. The number of hydrogen-bond donors (Lipinski definition) is 2. The number of para-hydroxylation sites is 1. The van der Waals surface area contributed by atoms with Gasteiger partial charge in [-0.1, -0.05) is 12.1 Å². The third kappa shape index (κ3) is 3.51. The molecule has 2 aromatic carbocycles. The van der Waals surface area contributed by atoms with E-state index in [1.54, 1.807) is 0 Å². The molecule has 2 aromatic heterocycles. The summed E-state index contributed by atoms with van der Waals surface area (Å²) in [4.78, 5) is 9.56. The number of nitrogens with zero attached hydrogens (tertiary/aromatic N) is 3. The number of ether oxygens (including phenoxy) is 1. The van der Waals surface area contributed by atoms with Gasteiger partial charge in [0.1, 0.15) is 17.9 Å². The molecule has 1 saturated heterocycles. The van der Waals surface area contributed by atoms with Gasteiger partial charge in [0.05, 0.1) is 28.8 Å². The van der Waals surface area contributed by atoms with Gasteiger partial charge in [-0.05, 0) is 63.2 Å². The second-order valence-corrected chi connectivity index (χ2v) is 7.41. The Bertz CT molecular complexity index is 1150. The van der Waals surface area contributed by atoms with Crippen molar-refractivity contribution in [3.63, 3.8) is 0 Å². The fraction of sp³-hybridized carbons (Fsp3) is 0.304. The number of anilines is 1. The lowest BCUT2D eigenvalue weighted by atomic mass is 10.1. The molecule has 148 valence electrons. The van der Waals surface area contributed by atoms with Crippen LogP contribution in [0.5, 0.6) is 5.75 Å². The first-order chi connectivity index (χ1) is 14.3. The molecule has 6 heteroatoms. The van der Waals surface area contributed by atoms with Crippen molar-refractivity contribution in [2.75, 3.05) is 25.0 Å². The summed E-state index contributed by atoms with van der Waals surface area (Å²) in [5.41, 5.74) is 4.01. The van der Waals surface area contributed by atoms with Gasteiger partial charge in [0.2, 0.25) is 0 Å². The zero-order chi connectivity index (χ0) is 19.6. The molecule has 0 unspecified atom stereocenters. The van der Waals surface area contributed by atoms with E-state index < -0.39 is 0 Å². The van der Waals surface area contributed by atoms with Crippen molar-refractivity contribution in [3.8, 4) is 11.6 Å². The molecule has 1 fully saturated rings. The fourth-order valence-corrected chi connectivity index (χ4v) is 4.01. The molecule has 1 aliphatic rings. The van der Waals surface area contributed by atoms with Crippen LogP contribution in [0.4, 0.5) is 5.69 Å². The van der Waals surface area contributed by atoms with E-state index in [1.165, 1.54) is 0 Å². The van der Waals surface area contributed by atoms with E-state index in [0.29, 0.717) is 12.6 Å². The lowest BCUT2D eigenvalue weighted by Gasteiger charge is -2.25. The molecule has 0 spiro atoms. The summed E-state index contributed by atoms with van der Waals surface area (Å²) >= 11 is 0. The van der Waals surface area contributed by atoms with Gasteiger partial charge in [-0.3, -0.25) is 4.57 Å². The molecule has 0 atom stereocenters. The van der Waals surface area contributed by atoms with Crippen molar-refractivity contribution < 1.29 is 4.74 Å². The second kappa shape index (κ2) is 7.72. The molecular formula is C23H25N5O. The van der Waals surface area contributed by atoms with E-state index >= 15 is 0 Å². The highest BCUT2D eigenvalue weighted by Crippen LogP contribution is 2.27. The minimum Gasteiger partial charge on any atom is -0.494 e. The van der Waals surface area contributed by atoms with E-state index in [0.717, 1.165) is 65.1 Å². The van der Waals surface area contributed by atoms with Gasteiger partial charge in [-0.15, -0.1) is 0 Å². The lowest BCUT2D eigenvalue weighted by Crippen LogP contribution is -2.35. The van der Waals surface area contributed by atoms with E-state index in [4.69, 9.17) is 9.72 Å². The van der Waals surface area contributed by atoms with Gasteiger partial charge in [-0.2, -0.15) is 0 Å². The van der Waals surface area contributed by atoms with Crippen LogP contribution in [0.25, 0.3) is 27.8 Å². The lowest BCUT2D eigenvalue weighted by molar-refractivity contribution is 0.340. The summed E-state index contributed by atoms with van der Waals surface area (Å²) in [5, 5.41) is 8.27. The minimum atomic E-state index is 0.485. The van der Waals surface area contributed by atoms with Crippen LogP contribution in [0.15, 0.2) is 54.9 Å². The smallest absolute Gasteiger partial charge is 0.139 e. The third-order valence-electron chi connectivity index (χ3n) is 5.48. The predicted molar refractivity (Wildman–Crippen MR) is 117 cm³/mol. The first kappa shape index (κ1) is 17.9. The first-order valence-electron chi connectivity index (χ1n) is 10.3. The van der Waals surface area contributed by atoms with Crippen LogP contribution in [-0.4, -0.2) is 40.3 Å². The van der Waals surface area contributed by atoms with Crippen molar-refractivity contribution in [1.29, 1.82) is 0 Å². The van der Waals surface area contributed by atoms with Gasteiger partial charge in [0.15, 0.2) is 0 Å². The van der Waals surface area contributed by atoms with Gasteiger partial charge in [-0.25, -0.2) is 9.97 Å². The summed E-state index contributed by atoms with van der Waals surface area (Å²) < 4.78 is 7.63. The molecule has 0 saturated carbocycles. The van der Waals surface area contributed by atoms with Crippen molar-refractivity contribution in [2.24, 2.45) is 0 Å². The van der Waals surface area contributed by atoms with Crippen molar-refractivity contribution in [1.82, 2.24) is 19.9 Å². The molecule has 3 heterocycles. The molecule has 6 nitrogen and oxygen atoms in total. The van der Waals surface area contributed by atoms with Crippen molar-refractivity contribution in [2.45, 2.75) is 25.8 Å². The zero-order valence-electron chi connectivity index (χ0n) is 16.6. The summed E-state index contributed by atoms with van der Waals surface area (Å²) in [6, 6.07) is 17.0. The number of hydrogen-bond acceptors (Lipinski definition) is 5. The van der Waals surface area contributed by atoms with Crippen molar-refractivity contribution >= 4 is 27.6 Å². The number of imidazole rings is 1. The molecule has 0 bridgehead atoms. The summed E-state index contributed by atoms with van der Waals surface area (Å²) in [6.07, 6.45) is 4.09. The molecule has 0 radical (unpaired) electrons. The number of piperidine rings is 1. The van der Waals surface area contributed by atoms with Crippen LogP contribution in [0.2, 0.25) is 0 Å². The average Bonchev–Trinajstić information content (AvgIpc) is 3.18. The molecule has 5 rings (SSSR count). The average molecular weight is 387 g/mol. The van der Waals surface area contributed by atoms with Gasteiger partial charge >= 0.3 is 0 Å². The number of rotatable bonds is 5.